The molecule has 0 saturated heterocycles. The van der Waals surface area contributed by atoms with Gasteiger partial charge in [-0.25, -0.2) is 13.4 Å². The van der Waals surface area contributed by atoms with Crippen LogP contribution in [0.15, 0.2) is 46.3 Å². The predicted octanol–water partition coefficient (Wildman–Crippen LogP) is 2.24. The fourth-order valence-corrected chi connectivity index (χ4v) is 4.46. The van der Waals surface area contributed by atoms with Crippen LogP contribution < -0.4 is 10.6 Å². The maximum Gasteiger partial charge on any atom is 0.234 e. The fourth-order valence-electron chi connectivity index (χ4n) is 2.41. The number of nitrogens with zero attached hydrogens (tertiary/aromatic N) is 1. The van der Waals surface area contributed by atoms with E-state index in [2.05, 4.69) is 15.6 Å². The molecule has 2 heterocycles. The number of fused-ring (bicyclic) bond motifs is 1. The van der Waals surface area contributed by atoms with Crippen LogP contribution in [-0.4, -0.2) is 36.7 Å². The Bertz CT molecular complexity index is 974. The molecule has 7 nitrogen and oxygen atoms in total. The molecule has 136 valence electrons. The van der Waals surface area contributed by atoms with E-state index < -0.39 is 15.7 Å². The van der Waals surface area contributed by atoms with Gasteiger partial charge in [0.1, 0.15) is 5.82 Å². The molecular weight excluding hydrogens is 374 g/mol. The Kier molecular flexibility index (Phi) is 5.28. The molecular formula is C17H17N3O4S2. The van der Waals surface area contributed by atoms with Gasteiger partial charge < -0.3 is 10.6 Å². The van der Waals surface area contributed by atoms with E-state index in [1.54, 1.807) is 24.4 Å². The van der Waals surface area contributed by atoms with E-state index in [0.717, 1.165) is 10.5 Å². The minimum absolute atomic E-state index is 0.0838. The van der Waals surface area contributed by atoms with Gasteiger partial charge >= 0.3 is 0 Å². The maximum atomic E-state index is 12.5. The zero-order chi connectivity index (χ0) is 18.7. The third kappa shape index (κ3) is 4.41. The third-order valence-electron chi connectivity index (χ3n) is 3.72. The van der Waals surface area contributed by atoms with Crippen LogP contribution in [0.4, 0.5) is 11.5 Å². The summed E-state index contributed by atoms with van der Waals surface area (Å²) in [5.74, 6) is -0.215. The molecule has 1 aliphatic rings. The van der Waals surface area contributed by atoms with E-state index >= 15 is 0 Å². The van der Waals surface area contributed by atoms with Crippen LogP contribution in [0.5, 0.6) is 0 Å². The van der Waals surface area contributed by atoms with Crippen LogP contribution in [0.1, 0.15) is 12.0 Å². The highest BCUT2D eigenvalue weighted by Crippen LogP contribution is 2.33. The number of amides is 2. The van der Waals surface area contributed by atoms with Gasteiger partial charge in [-0.15, -0.1) is 11.8 Å². The van der Waals surface area contributed by atoms with Crippen molar-refractivity contribution >= 4 is 44.9 Å². The molecule has 2 N–H and O–H groups in total. The third-order valence-corrected chi connectivity index (χ3v) is 6.51. The lowest BCUT2D eigenvalue weighted by atomic mass is 10.3. The van der Waals surface area contributed by atoms with Crippen LogP contribution in [0.25, 0.3) is 0 Å². The van der Waals surface area contributed by atoms with E-state index in [9.17, 15) is 18.0 Å². The van der Waals surface area contributed by atoms with Gasteiger partial charge in [0, 0.05) is 17.5 Å². The van der Waals surface area contributed by atoms with Gasteiger partial charge in [0.2, 0.25) is 11.8 Å². The molecule has 0 unspecified atom stereocenters. The number of nitrogens with one attached hydrogen (secondary N) is 2. The number of thioether (sulfide) groups is 1. The molecule has 0 fully saturated rings. The Morgan fingerprint density at radius 3 is 2.88 bits per heavy atom. The molecule has 2 amide bonds. The molecule has 1 aromatic heterocycles. The fraction of sp³-hybridized carbons (Fsp3) is 0.235. The van der Waals surface area contributed by atoms with Crippen molar-refractivity contribution in [2.75, 3.05) is 22.1 Å². The number of carbonyl (C=O) groups is 2. The first kappa shape index (κ1) is 18.4. The number of rotatable bonds is 5. The number of hydrogen-bond acceptors (Lipinski definition) is 6. The van der Waals surface area contributed by atoms with Gasteiger partial charge in [0.15, 0.2) is 9.84 Å². The van der Waals surface area contributed by atoms with Gasteiger partial charge in [-0.3, -0.25) is 9.59 Å². The summed E-state index contributed by atoms with van der Waals surface area (Å²) in [6.07, 6.45) is 1.39. The number of pyridine rings is 1. The van der Waals surface area contributed by atoms with Crippen molar-refractivity contribution in [1.82, 2.24) is 4.98 Å². The highest BCUT2D eigenvalue weighted by atomic mass is 32.2. The largest absolute Gasteiger partial charge is 0.324 e. The van der Waals surface area contributed by atoms with Gasteiger partial charge in [0.05, 0.1) is 22.1 Å². The van der Waals surface area contributed by atoms with E-state index in [-0.39, 0.29) is 23.0 Å². The second kappa shape index (κ2) is 7.46. The molecule has 26 heavy (non-hydrogen) atoms. The highest BCUT2D eigenvalue weighted by molar-refractivity contribution is 8.00. The Morgan fingerprint density at radius 1 is 1.31 bits per heavy atom. The van der Waals surface area contributed by atoms with Gasteiger partial charge in [0.25, 0.3) is 0 Å². The molecule has 0 spiro atoms. The number of sulfone groups is 1. The average Bonchev–Trinajstić information content (AvgIpc) is 2.59. The van der Waals surface area contributed by atoms with Crippen molar-refractivity contribution in [3.8, 4) is 0 Å². The summed E-state index contributed by atoms with van der Waals surface area (Å²) in [5.41, 5.74) is 1.43. The lowest BCUT2D eigenvalue weighted by molar-refractivity contribution is -0.116. The second-order valence-corrected chi connectivity index (χ2v) is 8.96. The van der Waals surface area contributed by atoms with Crippen LogP contribution in [0, 0.1) is 6.92 Å². The zero-order valence-electron chi connectivity index (χ0n) is 14.0. The van der Waals surface area contributed by atoms with Crippen LogP contribution in [0.2, 0.25) is 0 Å². The first-order valence-electron chi connectivity index (χ1n) is 7.85. The normalized spacial score (nSPS) is 13.7. The number of carbonyl (C=O) groups excluding carboxylic acids is 2. The van der Waals surface area contributed by atoms with Crippen molar-refractivity contribution in [2.45, 2.75) is 23.1 Å². The van der Waals surface area contributed by atoms with Crippen molar-refractivity contribution < 1.29 is 18.0 Å². The number of anilines is 2. The van der Waals surface area contributed by atoms with E-state index in [1.807, 2.05) is 6.92 Å². The zero-order valence-corrected chi connectivity index (χ0v) is 15.6. The molecule has 1 aromatic carbocycles. The van der Waals surface area contributed by atoms with Gasteiger partial charge in [-0.1, -0.05) is 0 Å². The molecule has 3 rings (SSSR count). The second-order valence-electron chi connectivity index (χ2n) is 5.83. The summed E-state index contributed by atoms with van der Waals surface area (Å²) in [6.45, 7) is 1.87. The Morgan fingerprint density at radius 2 is 2.12 bits per heavy atom. The molecule has 0 bridgehead atoms. The summed E-state index contributed by atoms with van der Waals surface area (Å²) in [5, 5.41) is 5.25. The molecule has 0 radical (unpaired) electrons. The Hall–Kier alpha value is -2.39. The standard InChI is InChI=1S/C17H17N3O4S2/c1-11-4-6-18-15(8-11)20-16(21)5-7-26(23,24)12-2-3-14-13(9-12)19-17(22)10-25-14/h2-4,6,8-9H,5,7,10H2,1H3,(H,19,22)(H,18,20,21). The number of aryl methyl sites for hydroxylation is 1. The summed E-state index contributed by atoms with van der Waals surface area (Å²) in [6, 6.07) is 8.11. The number of aromatic nitrogens is 1. The first-order chi connectivity index (χ1) is 12.3. The predicted molar refractivity (Wildman–Crippen MR) is 100 cm³/mol. The molecule has 1 aliphatic heterocycles. The summed E-state index contributed by atoms with van der Waals surface area (Å²) in [4.78, 5) is 28.4. The van der Waals surface area contributed by atoms with E-state index in [1.165, 1.54) is 23.9 Å². The minimum Gasteiger partial charge on any atom is -0.324 e. The van der Waals surface area contributed by atoms with Gasteiger partial charge in [-0.05, 0) is 42.8 Å². The minimum atomic E-state index is -3.65. The molecule has 0 atom stereocenters. The lowest BCUT2D eigenvalue weighted by Crippen LogP contribution is -2.20. The smallest absolute Gasteiger partial charge is 0.234 e. The lowest BCUT2D eigenvalue weighted by Gasteiger charge is -2.17. The molecule has 0 aliphatic carbocycles. The Balaban J connectivity index is 1.66. The molecule has 0 saturated carbocycles. The van der Waals surface area contributed by atoms with Crippen molar-refractivity contribution in [2.24, 2.45) is 0 Å². The highest BCUT2D eigenvalue weighted by Gasteiger charge is 2.21. The average molecular weight is 391 g/mol. The maximum absolute atomic E-state index is 12.5. The quantitative estimate of drug-likeness (QED) is 0.810. The van der Waals surface area contributed by atoms with Crippen molar-refractivity contribution in [1.29, 1.82) is 0 Å². The molecule has 9 heteroatoms. The number of benzene rings is 1. The van der Waals surface area contributed by atoms with Crippen molar-refractivity contribution in [3.05, 3.63) is 42.1 Å². The van der Waals surface area contributed by atoms with Gasteiger partial charge in [-0.2, -0.15) is 0 Å². The van der Waals surface area contributed by atoms with Crippen LogP contribution >= 0.6 is 11.8 Å². The summed E-state index contributed by atoms with van der Waals surface area (Å²) >= 11 is 1.36. The monoisotopic (exact) mass is 391 g/mol. The van der Waals surface area contributed by atoms with Crippen molar-refractivity contribution in [3.63, 3.8) is 0 Å². The van der Waals surface area contributed by atoms with Crippen LogP contribution in [-0.2, 0) is 19.4 Å². The van der Waals surface area contributed by atoms with E-state index in [4.69, 9.17) is 0 Å². The Labute approximate surface area is 155 Å². The number of hydrogen-bond donors (Lipinski definition) is 2. The van der Waals surface area contributed by atoms with Crippen LogP contribution in [0.3, 0.4) is 0 Å². The topological polar surface area (TPSA) is 105 Å². The summed E-state index contributed by atoms with van der Waals surface area (Å²) in [7, 11) is -3.65. The summed E-state index contributed by atoms with van der Waals surface area (Å²) < 4.78 is 25.0. The molecule has 2 aromatic rings. The SMILES string of the molecule is Cc1ccnc(NC(=O)CCS(=O)(=O)c2ccc3c(c2)NC(=O)CS3)c1. The first-order valence-corrected chi connectivity index (χ1v) is 10.5. The van der Waals surface area contributed by atoms with E-state index in [0.29, 0.717) is 17.3 Å².